The Kier molecular flexibility index (Phi) is 4.00. The van der Waals surface area contributed by atoms with Gasteiger partial charge in [-0.25, -0.2) is 0 Å². The minimum absolute atomic E-state index is 0.651. The van der Waals surface area contributed by atoms with E-state index in [0.717, 1.165) is 23.7 Å². The molecule has 0 aliphatic heterocycles. The van der Waals surface area contributed by atoms with Crippen LogP contribution in [0.2, 0.25) is 0 Å². The van der Waals surface area contributed by atoms with Gasteiger partial charge in [0, 0.05) is 12.1 Å². The Morgan fingerprint density at radius 3 is 1.86 bits per heavy atom. The molecule has 1 saturated carbocycles. The lowest BCUT2D eigenvalue weighted by Crippen LogP contribution is -2.39. The molecule has 1 aliphatic carbocycles. The summed E-state index contributed by atoms with van der Waals surface area (Å²) in [7, 11) is 0. The first kappa shape index (κ1) is 12.0. The number of hydrogen-bond acceptors (Lipinski definition) is 1. The Hall–Kier alpha value is -0.0400. The second-order valence-electron chi connectivity index (χ2n) is 5.80. The average Bonchev–Trinajstić information content (AvgIpc) is 2.81. The van der Waals surface area contributed by atoms with Gasteiger partial charge >= 0.3 is 0 Å². The summed E-state index contributed by atoms with van der Waals surface area (Å²) in [5.41, 5.74) is 0. The highest BCUT2D eigenvalue weighted by Gasteiger charge is 2.42. The highest BCUT2D eigenvalue weighted by atomic mass is 15.0. The van der Waals surface area contributed by atoms with Crippen LogP contribution in [0.1, 0.15) is 48.0 Å². The molecule has 4 atom stereocenters. The lowest BCUT2D eigenvalue weighted by atomic mass is 10.0. The molecule has 1 fully saturated rings. The van der Waals surface area contributed by atoms with E-state index in [9.17, 15) is 0 Å². The van der Waals surface area contributed by atoms with Crippen molar-refractivity contribution < 1.29 is 0 Å². The van der Waals surface area contributed by atoms with Crippen LogP contribution in [0.4, 0.5) is 0 Å². The van der Waals surface area contributed by atoms with Gasteiger partial charge in [0.05, 0.1) is 0 Å². The molecule has 0 aromatic rings. The summed E-state index contributed by atoms with van der Waals surface area (Å²) in [4.78, 5) is 0. The fourth-order valence-electron chi connectivity index (χ4n) is 2.31. The second kappa shape index (κ2) is 4.65. The standard InChI is InChI=1S/C13H27N/c1-8(2)10(5)14-11(6)13-7-12(13)9(3)4/h8-14H,7H2,1-6H3. The molecule has 4 unspecified atom stereocenters. The molecule has 14 heavy (non-hydrogen) atoms. The van der Waals surface area contributed by atoms with Crippen molar-refractivity contribution in [2.24, 2.45) is 23.7 Å². The Balaban J connectivity index is 2.27. The van der Waals surface area contributed by atoms with Crippen LogP contribution in [-0.4, -0.2) is 12.1 Å². The Labute approximate surface area is 89.7 Å². The number of nitrogens with one attached hydrogen (secondary N) is 1. The van der Waals surface area contributed by atoms with Crippen LogP contribution in [0, 0.1) is 23.7 Å². The first-order valence-corrected chi connectivity index (χ1v) is 6.19. The van der Waals surface area contributed by atoms with E-state index < -0.39 is 0 Å². The average molecular weight is 197 g/mol. The fraction of sp³-hybridized carbons (Fsp3) is 1.00. The van der Waals surface area contributed by atoms with E-state index in [-0.39, 0.29) is 0 Å². The summed E-state index contributed by atoms with van der Waals surface area (Å²) in [6.45, 7) is 13.9. The number of hydrogen-bond donors (Lipinski definition) is 1. The maximum Gasteiger partial charge on any atom is 0.00724 e. The molecule has 1 rings (SSSR count). The van der Waals surface area contributed by atoms with Gasteiger partial charge in [0.1, 0.15) is 0 Å². The van der Waals surface area contributed by atoms with E-state index in [4.69, 9.17) is 0 Å². The Bertz CT molecular complexity index is 174. The fourth-order valence-corrected chi connectivity index (χ4v) is 2.31. The van der Waals surface area contributed by atoms with Gasteiger partial charge in [0.15, 0.2) is 0 Å². The maximum atomic E-state index is 3.73. The largest absolute Gasteiger partial charge is 0.311 e. The van der Waals surface area contributed by atoms with Gasteiger partial charge in [-0.2, -0.15) is 0 Å². The van der Waals surface area contributed by atoms with Crippen molar-refractivity contribution in [1.29, 1.82) is 0 Å². The molecule has 0 heterocycles. The van der Waals surface area contributed by atoms with Crippen LogP contribution in [0.5, 0.6) is 0 Å². The smallest absolute Gasteiger partial charge is 0.00724 e. The molecule has 1 nitrogen and oxygen atoms in total. The summed E-state index contributed by atoms with van der Waals surface area (Å²) in [5.74, 6) is 3.54. The van der Waals surface area contributed by atoms with Crippen molar-refractivity contribution in [2.45, 2.75) is 60.0 Å². The van der Waals surface area contributed by atoms with Crippen LogP contribution in [0.25, 0.3) is 0 Å². The monoisotopic (exact) mass is 197 g/mol. The quantitative estimate of drug-likeness (QED) is 0.713. The lowest BCUT2D eigenvalue weighted by Gasteiger charge is -2.23. The van der Waals surface area contributed by atoms with Gasteiger partial charge in [-0.15, -0.1) is 0 Å². The third-order valence-corrected chi connectivity index (χ3v) is 3.92. The van der Waals surface area contributed by atoms with E-state index >= 15 is 0 Å². The van der Waals surface area contributed by atoms with E-state index in [2.05, 4.69) is 46.9 Å². The zero-order valence-electron chi connectivity index (χ0n) is 10.7. The molecule has 0 radical (unpaired) electrons. The molecule has 0 aromatic heterocycles. The van der Waals surface area contributed by atoms with Crippen LogP contribution in [0.15, 0.2) is 0 Å². The topological polar surface area (TPSA) is 12.0 Å². The van der Waals surface area contributed by atoms with Crippen LogP contribution >= 0.6 is 0 Å². The van der Waals surface area contributed by atoms with Crippen molar-refractivity contribution in [3.05, 3.63) is 0 Å². The summed E-state index contributed by atoms with van der Waals surface area (Å²) in [6.07, 6.45) is 1.44. The summed E-state index contributed by atoms with van der Waals surface area (Å²) in [6, 6.07) is 1.36. The summed E-state index contributed by atoms with van der Waals surface area (Å²) >= 11 is 0. The van der Waals surface area contributed by atoms with Gasteiger partial charge in [-0.1, -0.05) is 27.7 Å². The molecule has 1 N–H and O–H groups in total. The van der Waals surface area contributed by atoms with Crippen LogP contribution in [-0.2, 0) is 0 Å². The molecule has 0 aromatic carbocycles. The SMILES string of the molecule is CC(C)C(C)NC(C)C1CC1C(C)C. The van der Waals surface area contributed by atoms with Crippen molar-refractivity contribution in [1.82, 2.24) is 5.32 Å². The van der Waals surface area contributed by atoms with E-state index in [1.54, 1.807) is 0 Å². The zero-order valence-corrected chi connectivity index (χ0v) is 10.7. The van der Waals surface area contributed by atoms with E-state index in [1.807, 2.05) is 0 Å². The first-order chi connectivity index (χ1) is 6.43. The lowest BCUT2D eigenvalue weighted by molar-refractivity contribution is 0.345. The Morgan fingerprint density at radius 1 is 0.929 bits per heavy atom. The second-order valence-corrected chi connectivity index (χ2v) is 5.80. The molecule has 0 spiro atoms. The van der Waals surface area contributed by atoms with Crippen molar-refractivity contribution in [2.75, 3.05) is 0 Å². The highest BCUT2D eigenvalue weighted by molar-refractivity contribution is 4.95. The minimum atomic E-state index is 0.651. The van der Waals surface area contributed by atoms with Gasteiger partial charge in [-0.3, -0.25) is 0 Å². The van der Waals surface area contributed by atoms with E-state index in [1.165, 1.54) is 6.42 Å². The maximum absolute atomic E-state index is 3.73. The molecule has 0 bridgehead atoms. The van der Waals surface area contributed by atoms with E-state index in [0.29, 0.717) is 12.1 Å². The summed E-state index contributed by atoms with van der Waals surface area (Å²) < 4.78 is 0. The van der Waals surface area contributed by atoms with Gasteiger partial charge in [-0.05, 0) is 43.9 Å². The molecule has 1 heteroatoms. The van der Waals surface area contributed by atoms with Crippen molar-refractivity contribution >= 4 is 0 Å². The zero-order chi connectivity index (χ0) is 10.9. The van der Waals surface area contributed by atoms with Gasteiger partial charge in [0.2, 0.25) is 0 Å². The Morgan fingerprint density at radius 2 is 1.50 bits per heavy atom. The van der Waals surface area contributed by atoms with Gasteiger partial charge < -0.3 is 5.32 Å². The summed E-state index contributed by atoms with van der Waals surface area (Å²) in [5, 5.41) is 3.73. The third-order valence-electron chi connectivity index (χ3n) is 3.92. The first-order valence-electron chi connectivity index (χ1n) is 6.19. The molecule has 0 saturated heterocycles. The third kappa shape index (κ3) is 2.98. The normalized spacial score (nSPS) is 30.9. The van der Waals surface area contributed by atoms with Gasteiger partial charge in [0.25, 0.3) is 0 Å². The number of rotatable bonds is 5. The predicted molar refractivity (Wildman–Crippen MR) is 63.3 cm³/mol. The molecular formula is C13H27N. The van der Waals surface area contributed by atoms with Crippen molar-refractivity contribution in [3.8, 4) is 0 Å². The molecule has 84 valence electrons. The predicted octanol–water partition coefficient (Wildman–Crippen LogP) is 3.30. The van der Waals surface area contributed by atoms with Crippen LogP contribution < -0.4 is 5.32 Å². The highest BCUT2D eigenvalue weighted by Crippen LogP contribution is 2.46. The minimum Gasteiger partial charge on any atom is -0.311 e. The van der Waals surface area contributed by atoms with Crippen molar-refractivity contribution in [3.63, 3.8) is 0 Å². The molecule has 0 amide bonds. The molecular weight excluding hydrogens is 170 g/mol. The van der Waals surface area contributed by atoms with Crippen LogP contribution in [0.3, 0.4) is 0 Å². The molecule has 1 aliphatic rings.